The van der Waals surface area contributed by atoms with E-state index < -0.39 is 0 Å². The molecule has 0 spiro atoms. The predicted molar refractivity (Wildman–Crippen MR) is 132 cm³/mol. The highest BCUT2D eigenvalue weighted by Gasteiger charge is 2.15. The van der Waals surface area contributed by atoms with E-state index in [1.54, 1.807) is 0 Å². The first-order valence-electron chi connectivity index (χ1n) is 10.9. The number of aryl methyl sites for hydroxylation is 3. The molecule has 0 saturated heterocycles. The van der Waals surface area contributed by atoms with Gasteiger partial charge in [0.1, 0.15) is 12.4 Å². The average molecular weight is 420 g/mol. The molecule has 0 saturated carbocycles. The maximum atomic E-state index is 6.38. The van der Waals surface area contributed by atoms with E-state index in [2.05, 4.69) is 94.1 Å². The largest absolute Gasteiger partial charge is 0.488 e. The summed E-state index contributed by atoms with van der Waals surface area (Å²) in [6.07, 6.45) is 0. The third-order valence-corrected chi connectivity index (χ3v) is 7.16. The topological polar surface area (TPSA) is 12.5 Å². The van der Waals surface area contributed by atoms with Crippen LogP contribution in [0.25, 0.3) is 0 Å². The van der Waals surface area contributed by atoms with Crippen LogP contribution in [0.5, 0.6) is 5.75 Å². The second-order valence-corrected chi connectivity index (χ2v) is 9.22. The van der Waals surface area contributed by atoms with Crippen LogP contribution >= 0.6 is 8.58 Å². The fourth-order valence-corrected chi connectivity index (χ4v) is 5.39. The molecule has 158 valence electrons. The summed E-state index contributed by atoms with van der Waals surface area (Å²) in [6, 6.07) is 21.7. The molecule has 2 nitrogen and oxygen atoms in total. The van der Waals surface area contributed by atoms with E-state index in [0.717, 1.165) is 25.4 Å². The first-order valence-corrected chi connectivity index (χ1v) is 11.9. The third-order valence-electron chi connectivity index (χ3n) is 5.55. The first kappa shape index (κ1) is 22.5. The maximum Gasteiger partial charge on any atom is 0.130 e. The van der Waals surface area contributed by atoms with E-state index in [9.17, 15) is 0 Å². The zero-order chi connectivity index (χ0) is 21.5. The molecule has 0 radical (unpaired) electrons. The number of hydrogen-bond acceptors (Lipinski definition) is 2. The van der Waals surface area contributed by atoms with Crippen molar-refractivity contribution >= 4 is 19.2 Å². The molecule has 1 unspecified atom stereocenters. The van der Waals surface area contributed by atoms with Gasteiger partial charge in [0, 0.05) is 11.8 Å². The van der Waals surface area contributed by atoms with Gasteiger partial charge < -0.3 is 4.74 Å². The van der Waals surface area contributed by atoms with E-state index >= 15 is 0 Å². The number of hydrogen-bond donors (Lipinski definition) is 0. The van der Waals surface area contributed by atoms with Crippen molar-refractivity contribution in [3.63, 3.8) is 0 Å². The Balaban J connectivity index is 1.93. The zero-order valence-electron chi connectivity index (χ0n) is 19.0. The second-order valence-electron chi connectivity index (χ2n) is 7.93. The van der Waals surface area contributed by atoms with Gasteiger partial charge >= 0.3 is 0 Å². The lowest BCUT2D eigenvalue weighted by molar-refractivity contribution is 0.296. The van der Waals surface area contributed by atoms with Crippen LogP contribution in [0.1, 0.15) is 41.7 Å². The molecule has 0 aromatic heterocycles. The van der Waals surface area contributed by atoms with Crippen LogP contribution in [-0.4, -0.2) is 18.0 Å². The highest BCUT2D eigenvalue weighted by molar-refractivity contribution is 7.56. The summed E-state index contributed by atoms with van der Waals surface area (Å²) in [5.74, 6) is 1.04. The van der Waals surface area contributed by atoms with Gasteiger partial charge in [-0.05, 0) is 73.0 Å². The Morgan fingerprint density at radius 1 is 0.833 bits per heavy atom. The SMILES string of the molecule is CCN(CC)Cc1cccc(C)c1Pc1cc(C)cc(C)c1OCc1ccccc1. The van der Waals surface area contributed by atoms with E-state index in [0.29, 0.717) is 15.2 Å². The summed E-state index contributed by atoms with van der Waals surface area (Å²) >= 11 is 0. The minimum atomic E-state index is 0.584. The van der Waals surface area contributed by atoms with Crippen LogP contribution in [0.15, 0.2) is 60.7 Å². The van der Waals surface area contributed by atoms with Crippen molar-refractivity contribution in [2.24, 2.45) is 0 Å². The number of ether oxygens (including phenoxy) is 1. The third kappa shape index (κ3) is 5.72. The van der Waals surface area contributed by atoms with Gasteiger partial charge in [0.2, 0.25) is 0 Å². The van der Waals surface area contributed by atoms with Crippen LogP contribution in [0.2, 0.25) is 0 Å². The Labute approximate surface area is 184 Å². The van der Waals surface area contributed by atoms with Crippen LogP contribution in [0.3, 0.4) is 0 Å². The molecule has 0 aliphatic carbocycles. The number of nitrogens with zero attached hydrogens (tertiary/aromatic N) is 1. The second kappa shape index (κ2) is 10.8. The number of rotatable bonds is 9. The summed E-state index contributed by atoms with van der Waals surface area (Å²) in [5, 5.41) is 2.76. The summed E-state index contributed by atoms with van der Waals surface area (Å²) < 4.78 is 6.38. The lowest BCUT2D eigenvalue weighted by atomic mass is 10.1. The molecule has 3 aromatic rings. The van der Waals surface area contributed by atoms with E-state index in [1.807, 2.05) is 6.07 Å². The van der Waals surface area contributed by atoms with Crippen molar-refractivity contribution in [2.75, 3.05) is 13.1 Å². The lowest BCUT2D eigenvalue weighted by Crippen LogP contribution is -2.26. The monoisotopic (exact) mass is 419 g/mol. The normalized spacial score (nSPS) is 11.5. The minimum Gasteiger partial charge on any atom is -0.488 e. The summed E-state index contributed by atoms with van der Waals surface area (Å²) in [4.78, 5) is 2.48. The molecule has 0 N–H and O–H groups in total. The van der Waals surface area contributed by atoms with Gasteiger partial charge in [-0.25, -0.2) is 0 Å². The van der Waals surface area contributed by atoms with Gasteiger partial charge in [0.25, 0.3) is 0 Å². The fourth-order valence-electron chi connectivity index (χ4n) is 3.83. The molecule has 0 aliphatic heterocycles. The Hall–Kier alpha value is -2.15. The van der Waals surface area contributed by atoms with Crippen LogP contribution in [0, 0.1) is 20.8 Å². The van der Waals surface area contributed by atoms with Gasteiger partial charge in [0.05, 0.1) is 0 Å². The van der Waals surface area contributed by atoms with Gasteiger partial charge in [-0.15, -0.1) is 0 Å². The van der Waals surface area contributed by atoms with Crippen molar-refractivity contribution in [3.05, 3.63) is 88.5 Å². The van der Waals surface area contributed by atoms with Crippen molar-refractivity contribution in [1.82, 2.24) is 4.90 Å². The van der Waals surface area contributed by atoms with Crippen LogP contribution in [0.4, 0.5) is 0 Å². The van der Waals surface area contributed by atoms with Gasteiger partial charge in [-0.2, -0.15) is 0 Å². The van der Waals surface area contributed by atoms with Crippen molar-refractivity contribution < 1.29 is 4.74 Å². The Morgan fingerprint density at radius 3 is 2.27 bits per heavy atom. The van der Waals surface area contributed by atoms with Crippen LogP contribution < -0.4 is 15.3 Å². The molecular formula is C27H34NOP. The van der Waals surface area contributed by atoms with Crippen LogP contribution in [-0.2, 0) is 13.2 Å². The van der Waals surface area contributed by atoms with Gasteiger partial charge in [-0.1, -0.05) is 77.0 Å². The fraction of sp³-hybridized carbons (Fsp3) is 0.333. The van der Waals surface area contributed by atoms with E-state index in [4.69, 9.17) is 4.74 Å². The molecule has 0 fully saturated rings. The van der Waals surface area contributed by atoms with Crippen molar-refractivity contribution in [1.29, 1.82) is 0 Å². The maximum absolute atomic E-state index is 6.38. The highest BCUT2D eigenvalue weighted by Crippen LogP contribution is 2.28. The molecule has 0 amide bonds. The van der Waals surface area contributed by atoms with E-state index in [1.165, 1.54) is 38.4 Å². The summed E-state index contributed by atoms with van der Waals surface area (Å²) in [5.41, 5.74) is 6.51. The molecule has 1 atom stereocenters. The van der Waals surface area contributed by atoms with Gasteiger partial charge in [0.15, 0.2) is 0 Å². The summed E-state index contributed by atoms with van der Waals surface area (Å²) in [6.45, 7) is 14.8. The molecular weight excluding hydrogens is 385 g/mol. The first-order chi connectivity index (χ1) is 14.5. The molecule has 0 aliphatic rings. The smallest absolute Gasteiger partial charge is 0.130 e. The molecule has 0 bridgehead atoms. The molecule has 3 aromatic carbocycles. The quantitative estimate of drug-likeness (QED) is 0.415. The highest BCUT2D eigenvalue weighted by atomic mass is 31.1. The van der Waals surface area contributed by atoms with Crippen molar-refractivity contribution in [3.8, 4) is 5.75 Å². The Morgan fingerprint density at radius 2 is 1.57 bits per heavy atom. The molecule has 3 heteroatoms. The zero-order valence-corrected chi connectivity index (χ0v) is 20.0. The molecule has 3 rings (SSSR count). The van der Waals surface area contributed by atoms with Gasteiger partial charge in [-0.3, -0.25) is 4.90 Å². The van der Waals surface area contributed by atoms with Crippen molar-refractivity contribution in [2.45, 2.75) is 47.8 Å². The molecule has 30 heavy (non-hydrogen) atoms. The van der Waals surface area contributed by atoms with E-state index in [-0.39, 0.29) is 0 Å². The standard InChI is InChI=1S/C27H34NOP/c1-6-28(7-2)18-24-15-11-12-21(4)27(24)30-25-17-20(3)16-22(5)26(25)29-19-23-13-9-8-10-14-23/h8-17,30H,6-7,18-19H2,1-5H3. The molecule has 0 heterocycles. The Kier molecular flexibility index (Phi) is 8.08. The minimum absolute atomic E-state index is 0.584. The Bertz CT molecular complexity index is 964. The summed E-state index contributed by atoms with van der Waals surface area (Å²) in [7, 11) is 0.584. The number of benzene rings is 3. The average Bonchev–Trinajstić information content (AvgIpc) is 2.74. The lowest BCUT2D eigenvalue weighted by Gasteiger charge is -2.22. The predicted octanol–water partition coefficient (Wildman–Crippen LogP) is 5.66.